The van der Waals surface area contributed by atoms with E-state index < -0.39 is 27.8 Å². The minimum absolute atomic E-state index is 0.106. The highest BCUT2D eigenvalue weighted by molar-refractivity contribution is 5.75. The molecule has 6 N–H and O–H groups in total. The Morgan fingerprint density at radius 2 is 0.970 bits per heavy atom. The van der Waals surface area contributed by atoms with Crippen molar-refractivity contribution in [2.45, 2.75) is 102 Å². The number of nitrogens with zero attached hydrogens (tertiary/aromatic N) is 3. The Balaban J connectivity index is 0.000000197. The molecule has 2 aliphatic carbocycles. The first kappa shape index (κ1) is 46.5. The number of anilines is 5. The van der Waals surface area contributed by atoms with Crippen LogP contribution in [0.2, 0.25) is 0 Å². The summed E-state index contributed by atoms with van der Waals surface area (Å²) in [5, 5.41) is 24.1. The predicted octanol–water partition coefficient (Wildman–Crippen LogP) is 12.3. The van der Waals surface area contributed by atoms with Gasteiger partial charge in [0.2, 0.25) is 5.82 Å². The summed E-state index contributed by atoms with van der Waals surface area (Å²) in [5.41, 5.74) is 11.7. The number of rotatable bonds is 11. The first-order chi connectivity index (χ1) is 31.4. The van der Waals surface area contributed by atoms with Gasteiger partial charge >= 0.3 is 17.9 Å². The Morgan fingerprint density at radius 3 is 1.35 bits per heavy atom. The molecule has 0 radical (unpaired) electrons. The van der Waals surface area contributed by atoms with Gasteiger partial charge in [0, 0.05) is 28.6 Å². The zero-order chi connectivity index (χ0) is 47.1. The average Bonchev–Trinajstić information content (AvgIpc) is 3.24. The molecule has 0 saturated heterocycles. The van der Waals surface area contributed by atoms with Crippen molar-refractivity contribution in [2.24, 2.45) is 0 Å². The molecular weight excluding hydrogens is 833 g/mol. The van der Waals surface area contributed by atoms with Crippen molar-refractivity contribution in [3.63, 3.8) is 0 Å². The summed E-state index contributed by atoms with van der Waals surface area (Å²) in [5.74, 6) is 0.786. The molecule has 342 valence electrons. The van der Waals surface area contributed by atoms with Crippen LogP contribution in [0.15, 0.2) is 133 Å². The molecule has 14 nitrogen and oxygen atoms in total. The summed E-state index contributed by atoms with van der Waals surface area (Å²) in [6.07, 6.45) is 4.71. The third-order valence-electron chi connectivity index (χ3n) is 11.4. The molecular formula is C52H58N8O6. The van der Waals surface area contributed by atoms with Crippen LogP contribution in [0, 0.1) is 10.1 Å². The molecule has 8 rings (SSSR count). The Morgan fingerprint density at radius 1 is 0.576 bits per heavy atom. The number of amides is 2. The maximum atomic E-state index is 12.4. The fraction of sp³-hybridized carbons (Fsp3) is 0.308. The Hall–Kier alpha value is -7.48. The summed E-state index contributed by atoms with van der Waals surface area (Å²) in [7, 11) is 0. The van der Waals surface area contributed by atoms with Gasteiger partial charge in [0.05, 0.1) is 33.1 Å². The molecule has 2 saturated carbocycles. The zero-order valence-corrected chi connectivity index (χ0v) is 38.3. The molecule has 6 aromatic rings. The molecule has 0 bridgehead atoms. The maximum Gasteiger partial charge on any atom is 0.408 e. The van der Waals surface area contributed by atoms with Gasteiger partial charge in [0.1, 0.15) is 11.2 Å². The van der Waals surface area contributed by atoms with Crippen LogP contribution in [0.4, 0.5) is 44.0 Å². The van der Waals surface area contributed by atoms with Gasteiger partial charge in [-0.3, -0.25) is 10.1 Å². The lowest BCUT2D eigenvalue weighted by molar-refractivity contribution is -0.384. The number of hydrogen-bond donors (Lipinski definition) is 5. The molecule has 0 spiro atoms. The zero-order valence-electron chi connectivity index (χ0n) is 38.3. The minimum atomic E-state index is -0.571. The number of alkyl carbamates (subject to hydrolysis) is 2. The lowest BCUT2D eigenvalue weighted by Crippen LogP contribution is -2.52. The first-order valence-electron chi connectivity index (χ1n) is 22.2. The van der Waals surface area contributed by atoms with Gasteiger partial charge in [-0.25, -0.2) is 19.6 Å². The van der Waals surface area contributed by atoms with E-state index in [0.717, 1.165) is 72.2 Å². The second-order valence-corrected chi connectivity index (χ2v) is 18.7. The van der Waals surface area contributed by atoms with E-state index in [1.807, 2.05) is 163 Å². The van der Waals surface area contributed by atoms with Gasteiger partial charge in [-0.2, -0.15) is 0 Å². The number of carbonyl (C=O) groups excluding carboxylic acids is 2. The largest absolute Gasteiger partial charge is 0.444 e. The quantitative estimate of drug-likeness (QED) is 0.0613. The molecule has 0 aliphatic heterocycles. The highest BCUT2D eigenvalue weighted by Crippen LogP contribution is 2.43. The average molecular weight is 891 g/mol. The van der Waals surface area contributed by atoms with Crippen LogP contribution in [-0.2, 0) is 20.6 Å². The van der Waals surface area contributed by atoms with E-state index in [9.17, 15) is 19.7 Å². The van der Waals surface area contributed by atoms with Crippen molar-refractivity contribution in [1.29, 1.82) is 0 Å². The molecule has 2 amide bonds. The number of nitrogens with one attached hydrogen (secondary N) is 4. The number of pyridine rings is 2. The molecule has 2 fully saturated rings. The van der Waals surface area contributed by atoms with Crippen LogP contribution in [0.5, 0.6) is 0 Å². The van der Waals surface area contributed by atoms with Crippen molar-refractivity contribution in [3.8, 4) is 22.5 Å². The molecule has 0 unspecified atom stereocenters. The lowest BCUT2D eigenvalue weighted by atomic mass is 9.72. The smallest absolute Gasteiger partial charge is 0.408 e. The molecule has 2 heterocycles. The van der Waals surface area contributed by atoms with Gasteiger partial charge in [-0.15, -0.1) is 0 Å². The summed E-state index contributed by atoms with van der Waals surface area (Å²) in [6, 6.07) is 42.0. The van der Waals surface area contributed by atoms with Crippen LogP contribution in [-0.4, -0.2) is 38.3 Å². The second kappa shape index (κ2) is 19.3. The van der Waals surface area contributed by atoms with Gasteiger partial charge in [0.25, 0.3) is 0 Å². The third-order valence-corrected chi connectivity index (χ3v) is 11.4. The Kier molecular flexibility index (Phi) is 13.6. The van der Waals surface area contributed by atoms with Gasteiger partial charge in [-0.05, 0) is 134 Å². The fourth-order valence-electron chi connectivity index (χ4n) is 7.85. The Bertz CT molecular complexity index is 2640. The number of ether oxygens (including phenoxy) is 2. The normalized spacial score (nSPS) is 14.7. The van der Waals surface area contributed by atoms with E-state index in [1.54, 1.807) is 6.07 Å². The Labute approximate surface area is 385 Å². The van der Waals surface area contributed by atoms with E-state index in [-0.39, 0.29) is 23.1 Å². The number of benzene rings is 4. The number of aromatic nitrogens is 2. The van der Waals surface area contributed by atoms with Crippen molar-refractivity contribution >= 4 is 46.6 Å². The van der Waals surface area contributed by atoms with Crippen LogP contribution in [0.25, 0.3) is 22.5 Å². The molecule has 14 heteroatoms. The van der Waals surface area contributed by atoms with Crippen LogP contribution in [0.1, 0.15) is 91.2 Å². The minimum Gasteiger partial charge on any atom is -0.444 e. The lowest BCUT2D eigenvalue weighted by Gasteiger charge is -2.43. The van der Waals surface area contributed by atoms with Crippen molar-refractivity contribution < 1.29 is 24.0 Å². The monoisotopic (exact) mass is 890 g/mol. The third kappa shape index (κ3) is 11.6. The van der Waals surface area contributed by atoms with Crippen molar-refractivity contribution in [1.82, 2.24) is 20.6 Å². The molecule has 66 heavy (non-hydrogen) atoms. The van der Waals surface area contributed by atoms with Gasteiger partial charge in [-0.1, -0.05) is 84.9 Å². The number of nitrogens with two attached hydrogens (primary N) is 1. The molecule has 2 aliphatic rings. The summed E-state index contributed by atoms with van der Waals surface area (Å²) in [4.78, 5) is 45.1. The first-order valence-corrected chi connectivity index (χ1v) is 22.2. The molecule has 0 atom stereocenters. The van der Waals surface area contributed by atoms with Crippen molar-refractivity contribution in [2.75, 3.05) is 16.4 Å². The highest BCUT2D eigenvalue weighted by Gasteiger charge is 2.42. The van der Waals surface area contributed by atoms with Gasteiger partial charge < -0.3 is 36.5 Å². The maximum absolute atomic E-state index is 12.4. The molecule has 2 aromatic heterocycles. The predicted molar refractivity (Wildman–Crippen MR) is 260 cm³/mol. The van der Waals surface area contributed by atoms with E-state index in [4.69, 9.17) is 20.2 Å². The van der Waals surface area contributed by atoms with Crippen LogP contribution in [0.3, 0.4) is 0 Å². The van der Waals surface area contributed by atoms with E-state index in [0.29, 0.717) is 22.9 Å². The molecule has 4 aromatic carbocycles. The topological polar surface area (TPSA) is 196 Å². The second-order valence-electron chi connectivity index (χ2n) is 18.7. The number of hydrogen-bond acceptors (Lipinski definition) is 11. The van der Waals surface area contributed by atoms with E-state index in [1.165, 1.54) is 6.07 Å². The SMILES string of the molecule is CC(C)(C)OC(=O)NC1(c2ccc(Nc3nc(-c4ccccc4)ccc3N)cc2)CCC1.CC(C)(C)OC(=O)NC1(c2ccc(Nc3nc(-c4ccccc4)ccc3[N+](=O)[O-])cc2)CCC1. The fourth-order valence-corrected chi connectivity index (χ4v) is 7.85. The van der Waals surface area contributed by atoms with E-state index >= 15 is 0 Å². The summed E-state index contributed by atoms with van der Waals surface area (Å²) in [6.45, 7) is 11.1. The van der Waals surface area contributed by atoms with Crippen LogP contribution < -0.4 is 27.0 Å². The van der Waals surface area contributed by atoms with Crippen LogP contribution >= 0.6 is 0 Å². The summed E-state index contributed by atoms with van der Waals surface area (Å²) >= 11 is 0. The van der Waals surface area contributed by atoms with Gasteiger partial charge in [0.15, 0.2) is 5.82 Å². The standard InChI is InChI=1S/C26H28N4O4.C26H30N4O2/c1-25(2,3)34-24(31)29-26(16-7-17-26)19-10-12-20(13-11-19)27-23-22(30(32)33)15-14-21(28-23)18-8-5-4-6-9-18;1-25(2,3)32-24(31)30-26(16-7-17-26)19-10-12-20(13-11-19)28-23-21(27)14-15-22(29-23)18-8-5-4-6-9-18/h4-6,8-15H,7,16-17H2,1-3H3,(H,27,28)(H,29,31);4-6,8-15H,7,16-17,27H2,1-3H3,(H,28,29)(H,30,31). The number of nitrogen functional groups attached to an aromatic ring is 1. The number of nitro groups is 1. The van der Waals surface area contributed by atoms with Crippen molar-refractivity contribution in [3.05, 3.63) is 155 Å². The number of carbonyl (C=O) groups is 2. The summed E-state index contributed by atoms with van der Waals surface area (Å²) < 4.78 is 10.9. The highest BCUT2D eigenvalue weighted by atomic mass is 16.6. The van der Waals surface area contributed by atoms with E-state index in [2.05, 4.69) is 26.3 Å².